The second-order valence-electron chi connectivity index (χ2n) is 4.55. The molecule has 0 radical (unpaired) electrons. The zero-order valence-electron chi connectivity index (χ0n) is 11.1. The number of halogens is 5. The van der Waals surface area contributed by atoms with Gasteiger partial charge in [-0.3, -0.25) is 11.3 Å². The van der Waals surface area contributed by atoms with Crippen LogP contribution < -0.4 is 11.3 Å². The van der Waals surface area contributed by atoms with Gasteiger partial charge in [-0.2, -0.15) is 0 Å². The molecule has 1 aromatic rings. The third-order valence-corrected chi connectivity index (χ3v) is 3.14. The first-order valence-corrected chi connectivity index (χ1v) is 6.43. The molecule has 0 spiro atoms. The summed E-state index contributed by atoms with van der Waals surface area (Å²) in [6, 6.07) is -1.11. The van der Waals surface area contributed by atoms with E-state index < -0.39 is 40.7 Å². The molecule has 0 saturated carbocycles. The highest BCUT2D eigenvalue weighted by Crippen LogP contribution is 2.30. The fourth-order valence-electron chi connectivity index (χ4n) is 2.01. The summed E-state index contributed by atoms with van der Waals surface area (Å²) >= 11 is 0. The van der Waals surface area contributed by atoms with Crippen LogP contribution in [0.15, 0.2) is 0 Å². The molecule has 0 aromatic heterocycles. The Morgan fingerprint density at radius 1 is 0.850 bits per heavy atom. The van der Waals surface area contributed by atoms with Gasteiger partial charge in [-0.05, 0) is 6.42 Å². The molecule has 0 aliphatic heterocycles. The second-order valence-corrected chi connectivity index (χ2v) is 4.55. The van der Waals surface area contributed by atoms with Gasteiger partial charge >= 0.3 is 0 Å². The molecule has 0 bridgehead atoms. The van der Waals surface area contributed by atoms with Crippen LogP contribution in [0.3, 0.4) is 0 Å². The fourth-order valence-corrected chi connectivity index (χ4v) is 2.01. The largest absolute Gasteiger partial charge is 0.271 e. The van der Waals surface area contributed by atoms with Gasteiger partial charge in [-0.15, -0.1) is 0 Å². The van der Waals surface area contributed by atoms with Crippen LogP contribution in [0.5, 0.6) is 0 Å². The minimum Gasteiger partial charge on any atom is -0.271 e. The molecule has 0 aliphatic carbocycles. The molecule has 1 aromatic carbocycles. The number of unbranched alkanes of at least 4 members (excludes halogenated alkanes) is 3. The molecule has 0 saturated heterocycles. The summed E-state index contributed by atoms with van der Waals surface area (Å²) in [5.74, 6) is -4.56. The van der Waals surface area contributed by atoms with Gasteiger partial charge in [0.15, 0.2) is 23.3 Å². The van der Waals surface area contributed by atoms with Crippen molar-refractivity contribution in [2.75, 3.05) is 0 Å². The van der Waals surface area contributed by atoms with Crippen LogP contribution in [0.4, 0.5) is 22.0 Å². The molecule has 7 heteroatoms. The van der Waals surface area contributed by atoms with Crippen molar-refractivity contribution in [1.82, 2.24) is 5.43 Å². The summed E-state index contributed by atoms with van der Waals surface area (Å²) < 4.78 is 66.4. The predicted octanol–water partition coefficient (Wildman–Crippen LogP) is 3.86. The van der Waals surface area contributed by atoms with Crippen molar-refractivity contribution in [2.24, 2.45) is 5.84 Å². The Labute approximate surface area is 114 Å². The average molecular weight is 296 g/mol. The van der Waals surface area contributed by atoms with E-state index in [2.05, 4.69) is 5.43 Å². The Balaban J connectivity index is 3.03. The molecule has 0 heterocycles. The molecule has 0 fully saturated rings. The lowest BCUT2D eigenvalue weighted by Crippen LogP contribution is -2.30. The van der Waals surface area contributed by atoms with Crippen molar-refractivity contribution in [2.45, 2.75) is 45.1 Å². The summed E-state index contributed by atoms with van der Waals surface area (Å²) in [6.07, 6.45) is 3.44. The van der Waals surface area contributed by atoms with Crippen LogP contribution in [0, 0.1) is 29.1 Å². The smallest absolute Gasteiger partial charge is 0.200 e. The highest BCUT2D eigenvalue weighted by Gasteiger charge is 2.29. The van der Waals surface area contributed by atoms with Gasteiger partial charge in [0.05, 0.1) is 6.04 Å². The van der Waals surface area contributed by atoms with Crippen molar-refractivity contribution >= 4 is 0 Å². The second kappa shape index (κ2) is 7.54. The molecule has 114 valence electrons. The quantitative estimate of drug-likeness (QED) is 0.200. The van der Waals surface area contributed by atoms with Gasteiger partial charge in [0, 0.05) is 5.56 Å². The van der Waals surface area contributed by atoms with Gasteiger partial charge in [0.25, 0.3) is 0 Å². The Kier molecular flexibility index (Phi) is 6.35. The number of nitrogens with one attached hydrogen (secondary N) is 1. The van der Waals surface area contributed by atoms with E-state index in [1.807, 2.05) is 6.92 Å². The molecule has 1 unspecified atom stereocenters. The van der Waals surface area contributed by atoms with Crippen molar-refractivity contribution in [3.8, 4) is 0 Å². The van der Waals surface area contributed by atoms with E-state index in [0.29, 0.717) is 6.42 Å². The highest BCUT2D eigenvalue weighted by atomic mass is 19.2. The zero-order valence-corrected chi connectivity index (χ0v) is 11.1. The maximum Gasteiger partial charge on any atom is 0.200 e. The van der Waals surface area contributed by atoms with Crippen LogP contribution in [-0.2, 0) is 0 Å². The van der Waals surface area contributed by atoms with Gasteiger partial charge < -0.3 is 0 Å². The first kappa shape index (κ1) is 16.8. The lowest BCUT2D eigenvalue weighted by Gasteiger charge is -2.18. The zero-order chi connectivity index (χ0) is 15.3. The Morgan fingerprint density at radius 3 is 1.80 bits per heavy atom. The maximum atomic E-state index is 13.6. The van der Waals surface area contributed by atoms with Crippen LogP contribution in [-0.4, -0.2) is 0 Å². The standard InChI is InChI=1S/C13H17F5N2/c1-2-3-4-5-6-7(20-19)8-9(14)11(16)13(18)12(17)10(8)15/h7,20H,2-6,19H2,1H3. The van der Waals surface area contributed by atoms with E-state index in [4.69, 9.17) is 5.84 Å². The molecule has 20 heavy (non-hydrogen) atoms. The van der Waals surface area contributed by atoms with E-state index in [1.54, 1.807) is 0 Å². The molecular weight excluding hydrogens is 279 g/mol. The molecular formula is C13H17F5N2. The number of hydrogen-bond acceptors (Lipinski definition) is 2. The Bertz CT molecular complexity index is 436. The van der Waals surface area contributed by atoms with E-state index in [0.717, 1.165) is 19.3 Å². The number of hydrazine groups is 1. The van der Waals surface area contributed by atoms with E-state index in [9.17, 15) is 22.0 Å². The summed E-state index contributed by atoms with van der Waals surface area (Å²) in [6.45, 7) is 1.99. The van der Waals surface area contributed by atoms with Crippen LogP contribution >= 0.6 is 0 Å². The van der Waals surface area contributed by atoms with E-state index in [1.165, 1.54) is 0 Å². The Morgan fingerprint density at radius 2 is 1.35 bits per heavy atom. The average Bonchev–Trinajstić information content (AvgIpc) is 2.45. The first-order chi connectivity index (χ1) is 9.45. The molecule has 0 amide bonds. The van der Waals surface area contributed by atoms with Gasteiger partial charge in [0.2, 0.25) is 5.82 Å². The maximum absolute atomic E-state index is 13.6. The monoisotopic (exact) mass is 296 g/mol. The summed E-state index contributed by atoms with van der Waals surface area (Å²) in [4.78, 5) is 0. The van der Waals surface area contributed by atoms with Crippen LogP contribution in [0.25, 0.3) is 0 Å². The Hall–Kier alpha value is -1.21. The summed E-state index contributed by atoms with van der Waals surface area (Å²) in [5, 5.41) is 0. The third kappa shape index (κ3) is 3.46. The van der Waals surface area contributed by atoms with Crippen LogP contribution in [0.2, 0.25) is 0 Å². The molecule has 0 aliphatic rings. The highest BCUT2D eigenvalue weighted by molar-refractivity contribution is 5.27. The van der Waals surface area contributed by atoms with Crippen LogP contribution in [0.1, 0.15) is 50.6 Å². The topological polar surface area (TPSA) is 38.0 Å². The number of rotatable bonds is 7. The predicted molar refractivity (Wildman–Crippen MR) is 65.1 cm³/mol. The molecule has 3 N–H and O–H groups in total. The summed E-state index contributed by atoms with van der Waals surface area (Å²) in [5.41, 5.74) is 1.21. The van der Waals surface area contributed by atoms with Gasteiger partial charge in [0.1, 0.15) is 0 Å². The van der Waals surface area contributed by atoms with Crippen molar-refractivity contribution in [3.63, 3.8) is 0 Å². The van der Waals surface area contributed by atoms with E-state index >= 15 is 0 Å². The fraction of sp³-hybridized carbons (Fsp3) is 0.538. The normalized spacial score (nSPS) is 12.8. The molecule has 2 nitrogen and oxygen atoms in total. The first-order valence-electron chi connectivity index (χ1n) is 6.43. The van der Waals surface area contributed by atoms with Crippen molar-refractivity contribution in [1.29, 1.82) is 0 Å². The lowest BCUT2D eigenvalue weighted by molar-refractivity contribution is 0.350. The SMILES string of the molecule is CCCCCCC(NN)c1c(F)c(F)c(F)c(F)c1F. The number of benzene rings is 1. The van der Waals surface area contributed by atoms with Gasteiger partial charge in [-0.25, -0.2) is 22.0 Å². The minimum atomic E-state index is -2.16. The number of hydrogen-bond donors (Lipinski definition) is 2. The van der Waals surface area contributed by atoms with Crippen molar-refractivity contribution < 1.29 is 22.0 Å². The number of nitrogens with two attached hydrogens (primary N) is 1. The van der Waals surface area contributed by atoms with Gasteiger partial charge in [-0.1, -0.05) is 32.6 Å². The lowest BCUT2D eigenvalue weighted by atomic mass is 9.99. The van der Waals surface area contributed by atoms with Crippen molar-refractivity contribution in [3.05, 3.63) is 34.6 Å². The summed E-state index contributed by atoms with van der Waals surface area (Å²) in [7, 11) is 0. The van der Waals surface area contributed by atoms with E-state index in [-0.39, 0.29) is 6.42 Å². The minimum absolute atomic E-state index is 0.189. The third-order valence-electron chi connectivity index (χ3n) is 3.14. The molecule has 1 atom stereocenters. The molecule has 1 rings (SSSR count).